The summed E-state index contributed by atoms with van der Waals surface area (Å²) >= 11 is 0. The van der Waals surface area contributed by atoms with Gasteiger partial charge in [-0.1, -0.05) is 26.2 Å². The molecular weight excluding hydrogens is 272 g/mol. The maximum atomic E-state index is 11.5. The van der Waals surface area contributed by atoms with E-state index in [9.17, 15) is 8.42 Å². The predicted octanol–water partition coefficient (Wildman–Crippen LogP) is 3.05. The Balaban J connectivity index is 2.17. The Labute approximate surface area is 121 Å². The number of benzene rings is 1. The van der Waals surface area contributed by atoms with Crippen molar-refractivity contribution in [2.75, 3.05) is 17.3 Å². The molecule has 0 aliphatic heterocycles. The third-order valence-corrected chi connectivity index (χ3v) is 5.26. The van der Waals surface area contributed by atoms with Crippen LogP contribution in [0.4, 0.5) is 11.4 Å². The number of hydrogen-bond acceptors (Lipinski definition) is 4. The van der Waals surface area contributed by atoms with E-state index in [-0.39, 0.29) is 4.90 Å². The van der Waals surface area contributed by atoms with E-state index in [2.05, 4.69) is 12.2 Å². The lowest BCUT2D eigenvalue weighted by Gasteiger charge is -2.25. The molecule has 3 N–H and O–H groups in total. The van der Waals surface area contributed by atoms with Crippen LogP contribution in [0.25, 0.3) is 0 Å². The fraction of sp³-hybridized carbons (Fsp3) is 0.600. The van der Waals surface area contributed by atoms with Gasteiger partial charge in [0.05, 0.1) is 16.3 Å². The first-order valence-electron chi connectivity index (χ1n) is 7.24. The number of sulfone groups is 1. The van der Waals surface area contributed by atoms with Crippen molar-refractivity contribution in [3.63, 3.8) is 0 Å². The van der Waals surface area contributed by atoms with Gasteiger partial charge in [0.25, 0.3) is 0 Å². The summed E-state index contributed by atoms with van der Waals surface area (Å²) in [5.74, 6) is 0.617. The Hall–Kier alpha value is -1.23. The molecule has 0 saturated heterocycles. The molecule has 2 rings (SSSR count). The van der Waals surface area contributed by atoms with Crippen molar-refractivity contribution >= 4 is 21.2 Å². The van der Waals surface area contributed by atoms with Gasteiger partial charge >= 0.3 is 0 Å². The lowest BCUT2D eigenvalue weighted by atomic mass is 9.96. The SMILES string of the molecule is CC1CCCCCC1Nc1ccc(S(C)(=O)=O)cc1N. The van der Waals surface area contributed by atoms with Crippen LogP contribution in [0.3, 0.4) is 0 Å². The van der Waals surface area contributed by atoms with Crippen molar-refractivity contribution in [1.29, 1.82) is 0 Å². The minimum atomic E-state index is -3.20. The zero-order chi connectivity index (χ0) is 14.8. The van der Waals surface area contributed by atoms with Gasteiger partial charge in [-0.15, -0.1) is 0 Å². The molecule has 2 unspecified atom stereocenters. The summed E-state index contributed by atoms with van der Waals surface area (Å²) in [4.78, 5) is 0.273. The molecule has 1 aromatic rings. The lowest BCUT2D eigenvalue weighted by Crippen LogP contribution is -2.26. The molecule has 112 valence electrons. The number of rotatable bonds is 3. The van der Waals surface area contributed by atoms with Gasteiger partial charge in [0.1, 0.15) is 0 Å². The Morgan fingerprint density at radius 3 is 2.55 bits per heavy atom. The molecule has 1 aromatic carbocycles. The summed E-state index contributed by atoms with van der Waals surface area (Å²) in [5, 5.41) is 3.50. The van der Waals surface area contributed by atoms with E-state index in [0.29, 0.717) is 17.6 Å². The average molecular weight is 296 g/mol. The molecule has 20 heavy (non-hydrogen) atoms. The monoisotopic (exact) mass is 296 g/mol. The van der Waals surface area contributed by atoms with Crippen molar-refractivity contribution < 1.29 is 8.42 Å². The van der Waals surface area contributed by atoms with E-state index in [4.69, 9.17) is 5.73 Å². The number of nitrogens with one attached hydrogen (secondary N) is 1. The second-order valence-corrected chi connectivity index (χ2v) is 7.90. The van der Waals surface area contributed by atoms with Crippen molar-refractivity contribution in [3.8, 4) is 0 Å². The van der Waals surface area contributed by atoms with Crippen molar-refractivity contribution in [1.82, 2.24) is 0 Å². The van der Waals surface area contributed by atoms with Crippen LogP contribution in [0, 0.1) is 5.92 Å². The smallest absolute Gasteiger partial charge is 0.175 e. The third kappa shape index (κ3) is 3.66. The Morgan fingerprint density at radius 2 is 1.90 bits per heavy atom. The largest absolute Gasteiger partial charge is 0.397 e. The van der Waals surface area contributed by atoms with E-state index in [1.54, 1.807) is 18.2 Å². The molecule has 0 amide bonds. The maximum Gasteiger partial charge on any atom is 0.175 e. The quantitative estimate of drug-likeness (QED) is 0.664. The standard InChI is InChI=1S/C15H24N2O2S/c1-11-6-4-3-5-7-14(11)17-15-9-8-12(10-13(15)16)20(2,18)19/h8-11,14,17H,3-7,16H2,1-2H3. The van der Waals surface area contributed by atoms with Gasteiger partial charge in [-0.25, -0.2) is 8.42 Å². The minimum absolute atomic E-state index is 0.273. The van der Waals surface area contributed by atoms with Crippen LogP contribution in [0.5, 0.6) is 0 Å². The van der Waals surface area contributed by atoms with Gasteiger partial charge in [0, 0.05) is 12.3 Å². The molecule has 0 radical (unpaired) electrons. The Morgan fingerprint density at radius 1 is 1.20 bits per heavy atom. The highest BCUT2D eigenvalue weighted by Crippen LogP contribution is 2.29. The first kappa shape index (κ1) is 15.2. The summed E-state index contributed by atoms with van der Waals surface area (Å²) in [6.45, 7) is 2.27. The van der Waals surface area contributed by atoms with Gasteiger partial charge in [-0.3, -0.25) is 0 Å². The van der Waals surface area contributed by atoms with E-state index in [0.717, 1.165) is 12.1 Å². The summed E-state index contributed by atoms with van der Waals surface area (Å²) < 4.78 is 23.0. The van der Waals surface area contributed by atoms with Crippen LogP contribution in [0.1, 0.15) is 39.0 Å². The molecule has 0 aromatic heterocycles. The topological polar surface area (TPSA) is 72.2 Å². The molecule has 0 heterocycles. The molecule has 0 spiro atoms. The highest BCUT2D eigenvalue weighted by Gasteiger charge is 2.20. The van der Waals surface area contributed by atoms with Crippen LogP contribution >= 0.6 is 0 Å². The third-order valence-electron chi connectivity index (χ3n) is 4.15. The van der Waals surface area contributed by atoms with Crippen molar-refractivity contribution in [3.05, 3.63) is 18.2 Å². The van der Waals surface area contributed by atoms with E-state index in [1.807, 2.05) is 0 Å². The van der Waals surface area contributed by atoms with Gasteiger partial charge in [0.15, 0.2) is 9.84 Å². The molecule has 1 fully saturated rings. The van der Waals surface area contributed by atoms with E-state index < -0.39 is 9.84 Å². The van der Waals surface area contributed by atoms with Gasteiger partial charge in [-0.2, -0.15) is 0 Å². The summed E-state index contributed by atoms with van der Waals surface area (Å²) in [5.41, 5.74) is 7.34. The second kappa shape index (κ2) is 6.04. The van der Waals surface area contributed by atoms with Gasteiger partial charge in [-0.05, 0) is 37.0 Å². The maximum absolute atomic E-state index is 11.5. The molecule has 1 aliphatic carbocycles. The van der Waals surface area contributed by atoms with Gasteiger partial charge in [0.2, 0.25) is 0 Å². The van der Waals surface area contributed by atoms with E-state index in [1.165, 1.54) is 31.9 Å². The number of hydrogen-bond donors (Lipinski definition) is 2. The molecular formula is C15H24N2O2S. The predicted molar refractivity (Wildman–Crippen MR) is 83.6 cm³/mol. The molecule has 2 atom stereocenters. The summed E-state index contributed by atoms with van der Waals surface area (Å²) in [7, 11) is -3.20. The fourth-order valence-electron chi connectivity index (χ4n) is 2.81. The second-order valence-electron chi connectivity index (χ2n) is 5.89. The van der Waals surface area contributed by atoms with E-state index >= 15 is 0 Å². The Kier molecular flexibility index (Phi) is 4.58. The van der Waals surface area contributed by atoms with Crippen LogP contribution in [0.2, 0.25) is 0 Å². The van der Waals surface area contributed by atoms with Crippen LogP contribution in [-0.4, -0.2) is 20.7 Å². The van der Waals surface area contributed by atoms with Crippen molar-refractivity contribution in [2.45, 2.75) is 50.0 Å². The molecule has 4 nitrogen and oxygen atoms in total. The zero-order valence-electron chi connectivity index (χ0n) is 12.2. The first-order chi connectivity index (χ1) is 9.38. The summed E-state index contributed by atoms with van der Waals surface area (Å²) in [6.07, 6.45) is 7.41. The molecule has 1 aliphatic rings. The minimum Gasteiger partial charge on any atom is -0.397 e. The molecule has 0 bridgehead atoms. The zero-order valence-corrected chi connectivity index (χ0v) is 13.0. The normalized spacial score (nSPS) is 24.1. The highest BCUT2D eigenvalue weighted by atomic mass is 32.2. The highest BCUT2D eigenvalue weighted by molar-refractivity contribution is 7.90. The Bertz CT molecular complexity index is 569. The summed E-state index contributed by atoms with van der Waals surface area (Å²) in [6, 6.07) is 5.36. The molecule has 1 saturated carbocycles. The van der Waals surface area contributed by atoms with Crippen LogP contribution in [0.15, 0.2) is 23.1 Å². The number of nitrogen functional groups attached to an aromatic ring is 1. The molecule has 5 heteroatoms. The lowest BCUT2D eigenvalue weighted by molar-refractivity contribution is 0.457. The number of anilines is 2. The van der Waals surface area contributed by atoms with Crippen molar-refractivity contribution in [2.24, 2.45) is 5.92 Å². The number of nitrogens with two attached hydrogens (primary N) is 1. The van der Waals surface area contributed by atoms with Gasteiger partial charge < -0.3 is 11.1 Å². The van der Waals surface area contributed by atoms with Crippen LogP contribution in [-0.2, 0) is 9.84 Å². The van der Waals surface area contributed by atoms with Crippen LogP contribution < -0.4 is 11.1 Å². The first-order valence-corrected chi connectivity index (χ1v) is 9.13. The average Bonchev–Trinajstić information content (AvgIpc) is 2.56. The fourth-order valence-corrected chi connectivity index (χ4v) is 3.47.